The van der Waals surface area contributed by atoms with E-state index in [1.165, 1.54) is 4.90 Å². The van der Waals surface area contributed by atoms with Gasteiger partial charge in [-0.05, 0) is 53.4 Å². The minimum atomic E-state index is -1.20. The summed E-state index contributed by atoms with van der Waals surface area (Å²) in [6, 6.07) is 0. The predicted molar refractivity (Wildman–Crippen MR) is 81.2 cm³/mol. The van der Waals surface area contributed by atoms with Crippen molar-refractivity contribution in [2.24, 2.45) is 5.92 Å². The minimum absolute atomic E-state index is 0.0174. The van der Waals surface area contributed by atoms with Crippen LogP contribution in [0.15, 0.2) is 0 Å². The van der Waals surface area contributed by atoms with Crippen molar-refractivity contribution in [1.29, 1.82) is 0 Å². The molecule has 0 heterocycles. The summed E-state index contributed by atoms with van der Waals surface area (Å²) >= 11 is 0. The molecular formula is C16H29NO4. The Morgan fingerprint density at radius 2 is 1.67 bits per heavy atom. The van der Waals surface area contributed by atoms with Crippen molar-refractivity contribution >= 4 is 12.1 Å². The average molecular weight is 299 g/mol. The van der Waals surface area contributed by atoms with Gasteiger partial charge in [-0.15, -0.1) is 0 Å². The molecule has 1 aliphatic carbocycles. The van der Waals surface area contributed by atoms with E-state index >= 15 is 0 Å². The lowest BCUT2D eigenvalue weighted by Crippen LogP contribution is -2.60. The Kier molecular flexibility index (Phi) is 5.65. The van der Waals surface area contributed by atoms with Crippen LogP contribution in [-0.4, -0.2) is 39.8 Å². The predicted octanol–water partition coefficient (Wildman–Crippen LogP) is 3.67. The number of amides is 1. The van der Waals surface area contributed by atoms with Gasteiger partial charge in [0.25, 0.3) is 0 Å². The fraction of sp³-hybridized carbons (Fsp3) is 0.875. The maximum Gasteiger partial charge on any atom is 0.411 e. The summed E-state index contributed by atoms with van der Waals surface area (Å²) in [6.45, 7) is 9.16. The van der Waals surface area contributed by atoms with Gasteiger partial charge in [-0.25, -0.2) is 9.59 Å². The largest absolute Gasteiger partial charge is 0.479 e. The van der Waals surface area contributed by atoms with Crippen LogP contribution in [0.1, 0.15) is 66.7 Å². The molecule has 0 aromatic heterocycles. The smallest absolute Gasteiger partial charge is 0.411 e. The van der Waals surface area contributed by atoms with E-state index in [4.69, 9.17) is 4.74 Å². The molecule has 21 heavy (non-hydrogen) atoms. The number of carboxylic acid groups (broad SMARTS) is 1. The first-order valence-electron chi connectivity index (χ1n) is 7.87. The molecule has 122 valence electrons. The van der Waals surface area contributed by atoms with Crippen molar-refractivity contribution in [3.05, 3.63) is 0 Å². The van der Waals surface area contributed by atoms with Gasteiger partial charge in [0.1, 0.15) is 11.1 Å². The molecule has 5 nitrogen and oxygen atoms in total. The van der Waals surface area contributed by atoms with Crippen LogP contribution in [0.3, 0.4) is 0 Å². The van der Waals surface area contributed by atoms with Gasteiger partial charge in [-0.2, -0.15) is 0 Å². The second kappa shape index (κ2) is 6.67. The summed E-state index contributed by atoms with van der Waals surface area (Å²) in [5.74, 6) is -0.960. The lowest BCUT2D eigenvalue weighted by atomic mass is 9.74. The molecule has 1 unspecified atom stereocenters. The first kappa shape index (κ1) is 17.8. The molecule has 0 aromatic rings. The third-order valence-electron chi connectivity index (χ3n) is 4.32. The molecule has 0 saturated heterocycles. The van der Waals surface area contributed by atoms with Crippen molar-refractivity contribution in [3.63, 3.8) is 0 Å². The zero-order chi connectivity index (χ0) is 16.3. The topological polar surface area (TPSA) is 66.8 Å². The van der Waals surface area contributed by atoms with Gasteiger partial charge in [-0.1, -0.05) is 19.3 Å². The Morgan fingerprint density at radius 1 is 1.14 bits per heavy atom. The Morgan fingerprint density at radius 3 is 2.05 bits per heavy atom. The van der Waals surface area contributed by atoms with E-state index in [2.05, 4.69) is 0 Å². The molecule has 1 fully saturated rings. The van der Waals surface area contributed by atoms with Gasteiger partial charge in [0, 0.05) is 6.54 Å². The molecular weight excluding hydrogens is 270 g/mol. The van der Waals surface area contributed by atoms with Crippen LogP contribution in [0, 0.1) is 5.92 Å². The van der Waals surface area contributed by atoms with E-state index in [9.17, 15) is 14.7 Å². The number of carboxylic acids is 1. The van der Waals surface area contributed by atoms with Crippen molar-refractivity contribution in [1.82, 2.24) is 4.90 Å². The van der Waals surface area contributed by atoms with E-state index in [-0.39, 0.29) is 5.92 Å². The lowest BCUT2D eigenvalue weighted by molar-refractivity contribution is -0.155. The summed E-state index contributed by atoms with van der Waals surface area (Å²) < 4.78 is 5.40. The highest BCUT2D eigenvalue weighted by Crippen LogP contribution is 2.37. The fourth-order valence-corrected chi connectivity index (χ4v) is 3.14. The molecule has 1 atom stereocenters. The van der Waals surface area contributed by atoms with Crippen LogP contribution in [0.4, 0.5) is 4.79 Å². The van der Waals surface area contributed by atoms with Crippen LogP contribution in [0.5, 0.6) is 0 Å². The van der Waals surface area contributed by atoms with Gasteiger partial charge < -0.3 is 9.84 Å². The molecule has 0 spiro atoms. The molecule has 1 amide bonds. The Hall–Kier alpha value is -1.26. The Labute approximate surface area is 127 Å². The van der Waals surface area contributed by atoms with E-state index in [1.54, 1.807) is 34.6 Å². The summed E-state index contributed by atoms with van der Waals surface area (Å²) in [6.07, 6.45) is 4.36. The van der Waals surface area contributed by atoms with Crippen molar-refractivity contribution < 1.29 is 19.4 Å². The van der Waals surface area contributed by atoms with Crippen molar-refractivity contribution in [2.75, 3.05) is 6.54 Å². The van der Waals surface area contributed by atoms with Gasteiger partial charge in [0.05, 0.1) is 0 Å². The highest BCUT2D eigenvalue weighted by atomic mass is 16.6. The lowest BCUT2D eigenvalue weighted by Gasteiger charge is -2.44. The van der Waals surface area contributed by atoms with E-state index in [0.717, 1.165) is 32.1 Å². The molecule has 5 heteroatoms. The highest BCUT2D eigenvalue weighted by molar-refractivity contribution is 5.84. The number of ether oxygens (including phenoxy) is 1. The number of carbonyl (C=O) groups excluding carboxylic acids is 1. The first-order valence-corrected chi connectivity index (χ1v) is 7.87. The number of aliphatic carboxylic acids is 1. The number of likely N-dealkylation sites (N-methyl/N-ethyl adjacent to an activating group) is 1. The second-order valence-electron chi connectivity index (χ2n) is 7.01. The summed E-state index contributed by atoms with van der Waals surface area (Å²) in [5.41, 5.74) is -1.83. The Bertz CT molecular complexity index is 382. The minimum Gasteiger partial charge on any atom is -0.479 e. The van der Waals surface area contributed by atoms with Crippen molar-refractivity contribution in [3.8, 4) is 0 Å². The number of nitrogens with zero attached hydrogens (tertiary/aromatic N) is 1. The molecule has 1 N–H and O–H groups in total. The maximum absolute atomic E-state index is 12.4. The first-order chi connectivity index (χ1) is 9.63. The van der Waals surface area contributed by atoms with Gasteiger partial charge in [0.2, 0.25) is 0 Å². The van der Waals surface area contributed by atoms with Gasteiger partial charge in [0.15, 0.2) is 0 Å². The summed E-state index contributed by atoms with van der Waals surface area (Å²) in [4.78, 5) is 25.8. The SMILES string of the molecule is CCN(C(=O)OC(C)(C)C)C(C)(C(=O)O)C1CCCCC1. The van der Waals surface area contributed by atoms with E-state index in [1.807, 2.05) is 0 Å². The normalized spacial score (nSPS) is 19.7. The number of rotatable bonds is 4. The van der Waals surface area contributed by atoms with Crippen LogP contribution >= 0.6 is 0 Å². The van der Waals surface area contributed by atoms with Gasteiger partial charge >= 0.3 is 12.1 Å². The Balaban J connectivity index is 3.04. The number of hydrogen-bond donors (Lipinski definition) is 1. The molecule has 0 aliphatic heterocycles. The zero-order valence-electron chi connectivity index (χ0n) is 13.9. The maximum atomic E-state index is 12.4. The van der Waals surface area contributed by atoms with E-state index < -0.39 is 23.2 Å². The zero-order valence-corrected chi connectivity index (χ0v) is 13.9. The number of carbonyl (C=O) groups is 2. The molecule has 0 radical (unpaired) electrons. The van der Waals surface area contributed by atoms with Crippen LogP contribution < -0.4 is 0 Å². The highest BCUT2D eigenvalue weighted by Gasteiger charge is 2.49. The van der Waals surface area contributed by atoms with Crippen molar-refractivity contribution in [2.45, 2.75) is 77.9 Å². The fourth-order valence-electron chi connectivity index (χ4n) is 3.14. The van der Waals surface area contributed by atoms with Crippen LogP contribution in [-0.2, 0) is 9.53 Å². The van der Waals surface area contributed by atoms with Crippen LogP contribution in [0.2, 0.25) is 0 Å². The standard InChI is InChI=1S/C16H29NO4/c1-6-17(14(20)21-15(2,3)4)16(5,13(18)19)12-10-8-7-9-11-12/h12H,6-11H2,1-5H3,(H,18,19). The third-order valence-corrected chi connectivity index (χ3v) is 4.32. The average Bonchev–Trinajstić information content (AvgIpc) is 2.37. The summed E-state index contributed by atoms with van der Waals surface area (Å²) in [7, 11) is 0. The molecule has 0 aromatic carbocycles. The molecule has 1 saturated carbocycles. The van der Waals surface area contributed by atoms with Crippen LogP contribution in [0.25, 0.3) is 0 Å². The summed E-state index contributed by atoms with van der Waals surface area (Å²) in [5, 5.41) is 9.78. The molecule has 1 rings (SSSR count). The third kappa shape index (κ3) is 4.11. The molecule has 0 bridgehead atoms. The molecule has 1 aliphatic rings. The quantitative estimate of drug-likeness (QED) is 0.860. The van der Waals surface area contributed by atoms with E-state index in [0.29, 0.717) is 6.54 Å². The second-order valence-corrected chi connectivity index (χ2v) is 7.01. The number of hydrogen-bond acceptors (Lipinski definition) is 3. The monoisotopic (exact) mass is 299 g/mol. The van der Waals surface area contributed by atoms with Gasteiger partial charge in [-0.3, -0.25) is 4.90 Å².